The fourth-order valence-electron chi connectivity index (χ4n) is 2.42. The zero-order valence-corrected chi connectivity index (χ0v) is 17.9. The van der Waals surface area contributed by atoms with Gasteiger partial charge < -0.3 is 4.55 Å². The van der Waals surface area contributed by atoms with Gasteiger partial charge in [-0.2, -0.15) is 0 Å². The Hall–Kier alpha value is -1.69. The number of sulfone groups is 1. The van der Waals surface area contributed by atoms with Crippen LogP contribution in [-0.4, -0.2) is 34.1 Å². The summed E-state index contributed by atoms with van der Waals surface area (Å²) in [5, 5.41) is -1.55. The maximum absolute atomic E-state index is 14.7. The molecule has 0 spiro atoms. The number of halogens is 3. The molecule has 6 nitrogen and oxygen atoms in total. The second-order valence-electron chi connectivity index (χ2n) is 5.71. The highest BCUT2D eigenvalue weighted by Gasteiger charge is 2.30. The van der Waals surface area contributed by atoms with Crippen molar-refractivity contribution in [1.29, 1.82) is 0 Å². The van der Waals surface area contributed by atoms with Gasteiger partial charge in [-0.1, -0.05) is 6.92 Å². The summed E-state index contributed by atoms with van der Waals surface area (Å²) in [6.45, 7) is 2.47. The van der Waals surface area contributed by atoms with Crippen LogP contribution in [-0.2, 0) is 21.1 Å². The molecule has 0 saturated carbocycles. The Labute approximate surface area is 172 Å². The number of ketones is 1. The fourth-order valence-corrected chi connectivity index (χ4v) is 4.97. The maximum atomic E-state index is 14.7. The van der Waals surface area contributed by atoms with Crippen molar-refractivity contribution in [3.8, 4) is 0 Å². The molecule has 0 aliphatic heterocycles. The van der Waals surface area contributed by atoms with Crippen LogP contribution in [0.4, 0.5) is 14.5 Å². The van der Waals surface area contributed by atoms with Gasteiger partial charge in [-0.15, -0.1) is 0 Å². The van der Waals surface area contributed by atoms with Crippen molar-refractivity contribution in [3.05, 3.63) is 63.6 Å². The smallest absolute Gasteiger partial charge is 0.194 e. The number of benzene rings is 2. The van der Waals surface area contributed by atoms with Gasteiger partial charge in [0, 0.05) is 32.6 Å². The number of nitrogens with zero attached hydrogens (tertiary/aromatic N) is 1. The van der Waals surface area contributed by atoms with Crippen LogP contribution in [0.25, 0.3) is 0 Å². The molecule has 152 valence electrons. The molecule has 0 aliphatic rings. The summed E-state index contributed by atoms with van der Waals surface area (Å²) in [5.41, 5.74) is -0.559. The molecule has 2 rings (SSSR count). The minimum Gasteiger partial charge on any atom is -0.755 e. The van der Waals surface area contributed by atoms with Crippen molar-refractivity contribution in [2.45, 2.75) is 19.2 Å². The lowest BCUT2D eigenvalue weighted by Gasteiger charge is -2.32. The molecular weight excluding hydrogens is 480 g/mol. The van der Waals surface area contributed by atoms with E-state index in [1.165, 1.54) is 19.1 Å². The van der Waals surface area contributed by atoms with Crippen LogP contribution >= 0.6 is 15.9 Å². The van der Waals surface area contributed by atoms with Gasteiger partial charge in [0.25, 0.3) is 0 Å². The van der Waals surface area contributed by atoms with Gasteiger partial charge in [-0.05, 0) is 59.3 Å². The summed E-state index contributed by atoms with van der Waals surface area (Å²) in [7, 11) is -3.85. The lowest BCUT2D eigenvalue weighted by molar-refractivity contribution is 0.103. The molecule has 2 aromatic carbocycles. The summed E-state index contributed by atoms with van der Waals surface area (Å²) in [5.74, 6) is -2.61. The Morgan fingerprint density at radius 1 is 1.25 bits per heavy atom. The van der Waals surface area contributed by atoms with Gasteiger partial charge in [-0.3, -0.25) is 13.3 Å². The molecule has 2 atom stereocenters. The molecule has 11 heteroatoms. The van der Waals surface area contributed by atoms with Gasteiger partial charge >= 0.3 is 0 Å². The van der Waals surface area contributed by atoms with Crippen molar-refractivity contribution < 1.29 is 30.8 Å². The number of hydrogen-bond acceptors (Lipinski definition) is 5. The van der Waals surface area contributed by atoms with Crippen molar-refractivity contribution in [1.82, 2.24) is 0 Å². The SMILES string of the molecule is CCS(=O)(=O)C(C)N(c1cc(Br)c(C(=O)c2ccc(F)cc2)cc1F)S(=O)[O-]. The molecule has 0 aromatic heterocycles. The lowest BCUT2D eigenvalue weighted by Crippen LogP contribution is -2.41. The molecule has 0 amide bonds. The highest BCUT2D eigenvalue weighted by atomic mass is 79.9. The highest BCUT2D eigenvalue weighted by Crippen LogP contribution is 2.32. The summed E-state index contributed by atoms with van der Waals surface area (Å²) in [6.07, 6.45) is 0. The molecule has 0 fully saturated rings. The number of hydrogen-bond donors (Lipinski definition) is 0. The highest BCUT2D eigenvalue weighted by molar-refractivity contribution is 9.10. The molecule has 2 aromatic rings. The van der Waals surface area contributed by atoms with E-state index in [1.54, 1.807) is 0 Å². The Bertz CT molecular complexity index is 1030. The zero-order chi connectivity index (χ0) is 21.2. The van der Waals surface area contributed by atoms with Gasteiger partial charge in [0.1, 0.15) is 17.0 Å². The monoisotopic (exact) mass is 494 g/mol. The second-order valence-corrected chi connectivity index (χ2v) is 9.98. The first kappa shape index (κ1) is 22.6. The van der Waals surface area contributed by atoms with E-state index in [1.807, 2.05) is 0 Å². The average molecular weight is 495 g/mol. The standard InChI is InChI=1S/C17H16BrF2NO5S2/c1-3-28(25,26)10(2)21(27(23)24)16-9-14(18)13(8-15(16)20)17(22)11-4-6-12(19)7-5-11/h4-10H,3H2,1-2H3,(H,23,24)/p-1. The summed E-state index contributed by atoms with van der Waals surface area (Å²) >= 11 is -0.00118. The molecule has 2 unspecified atom stereocenters. The van der Waals surface area contributed by atoms with Gasteiger partial charge in [0.05, 0.1) is 5.69 Å². The first-order valence-corrected chi connectivity index (χ1v) is 11.4. The van der Waals surface area contributed by atoms with Gasteiger partial charge in [-0.25, -0.2) is 17.2 Å². The van der Waals surface area contributed by atoms with E-state index in [2.05, 4.69) is 15.9 Å². The van der Waals surface area contributed by atoms with E-state index in [9.17, 15) is 30.8 Å². The lowest BCUT2D eigenvalue weighted by atomic mass is 10.0. The Balaban J connectivity index is 2.53. The number of carbonyl (C=O) groups is 1. The summed E-state index contributed by atoms with van der Waals surface area (Å²) < 4.78 is 75.5. The minimum atomic E-state index is -3.85. The number of anilines is 1. The fraction of sp³-hybridized carbons (Fsp3) is 0.235. The normalized spacial score (nSPS) is 13.8. The van der Waals surface area contributed by atoms with Crippen LogP contribution in [0, 0.1) is 11.6 Å². The average Bonchev–Trinajstić information content (AvgIpc) is 2.64. The van der Waals surface area contributed by atoms with Crippen molar-refractivity contribution in [3.63, 3.8) is 0 Å². The van der Waals surface area contributed by atoms with Gasteiger partial charge in [0.2, 0.25) is 0 Å². The molecule has 28 heavy (non-hydrogen) atoms. The van der Waals surface area contributed by atoms with Crippen molar-refractivity contribution >= 4 is 48.5 Å². The van der Waals surface area contributed by atoms with E-state index in [4.69, 9.17) is 0 Å². The van der Waals surface area contributed by atoms with Crippen LogP contribution in [0.3, 0.4) is 0 Å². The van der Waals surface area contributed by atoms with Crippen LogP contribution < -0.4 is 4.31 Å². The minimum absolute atomic E-state index is 0.0507. The second kappa shape index (κ2) is 8.76. The first-order chi connectivity index (χ1) is 13.0. The predicted octanol–water partition coefficient (Wildman–Crippen LogP) is 3.34. The topological polar surface area (TPSA) is 94.6 Å². The molecule has 0 bridgehead atoms. The zero-order valence-electron chi connectivity index (χ0n) is 14.7. The Morgan fingerprint density at radius 2 is 1.82 bits per heavy atom. The molecule has 0 aliphatic carbocycles. The predicted molar refractivity (Wildman–Crippen MR) is 104 cm³/mol. The van der Waals surface area contributed by atoms with Crippen LogP contribution in [0.15, 0.2) is 40.9 Å². The van der Waals surface area contributed by atoms with Crippen LogP contribution in [0.2, 0.25) is 0 Å². The van der Waals surface area contributed by atoms with E-state index in [0.717, 1.165) is 31.2 Å². The quantitative estimate of drug-likeness (QED) is 0.434. The third-order valence-electron chi connectivity index (χ3n) is 4.04. The largest absolute Gasteiger partial charge is 0.755 e. The van der Waals surface area contributed by atoms with Crippen LogP contribution in [0.5, 0.6) is 0 Å². The maximum Gasteiger partial charge on any atom is 0.194 e. The summed E-state index contributed by atoms with van der Waals surface area (Å²) in [6, 6.07) is 6.42. The molecule has 0 radical (unpaired) electrons. The number of carbonyl (C=O) groups excluding carboxylic acids is 1. The van der Waals surface area contributed by atoms with E-state index in [-0.39, 0.29) is 21.4 Å². The van der Waals surface area contributed by atoms with Crippen molar-refractivity contribution in [2.75, 3.05) is 10.1 Å². The third-order valence-corrected chi connectivity index (χ3v) is 7.72. The molecular formula is C17H15BrF2NO5S2-. The van der Waals surface area contributed by atoms with E-state index in [0.29, 0.717) is 4.31 Å². The van der Waals surface area contributed by atoms with Crippen molar-refractivity contribution in [2.24, 2.45) is 0 Å². The Kier molecular flexibility index (Phi) is 7.07. The first-order valence-electron chi connectivity index (χ1n) is 7.89. The van der Waals surface area contributed by atoms with Crippen LogP contribution in [0.1, 0.15) is 29.8 Å². The third kappa shape index (κ3) is 4.65. The van der Waals surface area contributed by atoms with E-state index < -0.39 is 49.6 Å². The van der Waals surface area contributed by atoms with Gasteiger partial charge in [0.15, 0.2) is 15.6 Å². The molecule has 0 N–H and O–H groups in total. The molecule has 0 heterocycles. The molecule has 0 saturated heterocycles. The number of rotatable bonds is 7. The Morgan fingerprint density at radius 3 is 2.32 bits per heavy atom. The summed E-state index contributed by atoms with van der Waals surface area (Å²) in [4.78, 5) is 12.5. The van der Waals surface area contributed by atoms with E-state index >= 15 is 0 Å².